The Labute approximate surface area is 192 Å². The van der Waals surface area contributed by atoms with Crippen LogP contribution < -0.4 is 14.8 Å². The van der Waals surface area contributed by atoms with Gasteiger partial charge in [0.15, 0.2) is 17.3 Å². The van der Waals surface area contributed by atoms with Crippen LogP contribution >= 0.6 is 0 Å². The summed E-state index contributed by atoms with van der Waals surface area (Å²) in [5, 5.41) is 3.60. The summed E-state index contributed by atoms with van der Waals surface area (Å²) in [6.07, 6.45) is 6.01. The van der Waals surface area contributed by atoms with E-state index < -0.39 is 0 Å². The van der Waals surface area contributed by atoms with Gasteiger partial charge in [-0.2, -0.15) is 0 Å². The van der Waals surface area contributed by atoms with E-state index in [4.69, 9.17) is 14.2 Å². The number of rotatable bonds is 8. The van der Waals surface area contributed by atoms with Gasteiger partial charge in [-0.3, -0.25) is 9.59 Å². The average Bonchev–Trinajstić information content (AvgIpc) is 2.81. The van der Waals surface area contributed by atoms with Crippen LogP contribution in [0, 0.1) is 5.92 Å². The van der Waals surface area contributed by atoms with E-state index in [0.717, 1.165) is 25.9 Å². The zero-order valence-electron chi connectivity index (χ0n) is 19.1. The summed E-state index contributed by atoms with van der Waals surface area (Å²) in [5.41, 5.74) is 0.748. The molecule has 0 unspecified atom stereocenters. The molecular formula is C24H28N4O5. The maximum atomic E-state index is 12.5. The Morgan fingerprint density at radius 3 is 2.58 bits per heavy atom. The molecule has 2 aliphatic rings. The molecule has 1 aromatic carbocycles. The lowest BCUT2D eigenvalue weighted by Gasteiger charge is -2.28. The molecule has 0 bridgehead atoms. The van der Waals surface area contributed by atoms with Crippen molar-refractivity contribution in [2.24, 2.45) is 5.92 Å². The summed E-state index contributed by atoms with van der Waals surface area (Å²) in [6.45, 7) is 4.82. The lowest BCUT2D eigenvalue weighted by Crippen LogP contribution is -2.32. The summed E-state index contributed by atoms with van der Waals surface area (Å²) in [7, 11) is 3.71. The fourth-order valence-corrected chi connectivity index (χ4v) is 3.91. The van der Waals surface area contributed by atoms with Crippen molar-refractivity contribution in [3.8, 4) is 11.5 Å². The van der Waals surface area contributed by atoms with Gasteiger partial charge in [-0.05, 0) is 51.9 Å². The molecular weight excluding hydrogens is 424 g/mol. The Hall–Kier alpha value is -3.46. The van der Waals surface area contributed by atoms with E-state index in [9.17, 15) is 9.59 Å². The predicted molar refractivity (Wildman–Crippen MR) is 123 cm³/mol. The molecule has 1 N–H and O–H groups in total. The molecule has 0 atom stereocenters. The van der Waals surface area contributed by atoms with Crippen LogP contribution in [-0.4, -0.2) is 66.9 Å². The molecule has 4 rings (SSSR count). The summed E-state index contributed by atoms with van der Waals surface area (Å²) < 4.78 is 16.9. The van der Waals surface area contributed by atoms with Crippen molar-refractivity contribution in [1.29, 1.82) is 0 Å². The number of anilines is 1. The maximum absolute atomic E-state index is 12.5. The number of nitrogens with zero attached hydrogens (tertiary/aromatic N) is 3. The second-order valence-corrected chi connectivity index (χ2v) is 8.15. The molecule has 9 nitrogen and oxygen atoms in total. The second kappa shape index (κ2) is 9.99. The highest BCUT2D eigenvalue weighted by Crippen LogP contribution is 2.35. The zero-order valence-corrected chi connectivity index (χ0v) is 19.1. The number of methoxy groups -OCH3 is 1. The number of carbonyl (C=O) groups is 2. The van der Waals surface area contributed by atoms with Gasteiger partial charge in [0.25, 0.3) is 0 Å². The van der Waals surface area contributed by atoms with E-state index in [1.54, 1.807) is 20.1 Å². The quantitative estimate of drug-likeness (QED) is 0.606. The Kier molecular flexibility index (Phi) is 6.88. The Morgan fingerprint density at radius 2 is 1.85 bits per heavy atom. The first-order chi connectivity index (χ1) is 16.0. The lowest BCUT2D eigenvalue weighted by molar-refractivity contribution is -0.117. The van der Waals surface area contributed by atoms with E-state index in [1.165, 1.54) is 18.5 Å². The van der Waals surface area contributed by atoms with Crippen LogP contribution in [0.2, 0.25) is 0 Å². The van der Waals surface area contributed by atoms with Gasteiger partial charge in [-0.15, -0.1) is 0 Å². The molecule has 0 saturated carbocycles. The van der Waals surface area contributed by atoms with Gasteiger partial charge in [-0.1, -0.05) is 0 Å². The SMILES string of the molecule is CCOC1=CC(=O)C(Nc2ncnc3cc(OCC4CCN(C)CC4)c(OC)cc23)=CC1=O. The normalized spacial score (nSPS) is 17.5. The zero-order chi connectivity index (χ0) is 23.4. The van der Waals surface area contributed by atoms with E-state index >= 15 is 0 Å². The molecule has 1 aliphatic heterocycles. The molecule has 0 radical (unpaired) electrons. The highest BCUT2D eigenvalue weighted by atomic mass is 16.5. The number of aromatic nitrogens is 2. The third-order valence-corrected chi connectivity index (χ3v) is 5.83. The maximum Gasteiger partial charge on any atom is 0.222 e. The van der Waals surface area contributed by atoms with Crippen molar-refractivity contribution in [3.05, 3.63) is 42.1 Å². The molecule has 1 fully saturated rings. The van der Waals surface area contributed by atoms with Crippen molar-refractivity contribution in [2.75, 3.05) is 45.8 Å². The second-order valence-electron chi connectivity index (χ2n) is 8.15. The Bertz CT molecular complexity index is 1120. The highest BCUT2D eigenvalue weighted by Gasteiger charge is 2.23. The fraction of sp³-hybridized carbons (Fsp3) is 0.417. The molecule has 33 heavy (non-hydrogen) atoms. The number of carbonyl (C=O) groups excluding carboxylic acids is 2. The number of benzene rings is 1. The minimum atomic E-state index is -0.375. The number of hydrogen-bond acceptors (Lipinski definition) is 9. The van der Waals surface area contributed by atoms with E-state index in [1.807, 2.05) is 6.07 Å². The van der Waals surface area contributed by atoms with E-state index in [2.05, 4.69) is 27.2 Å². The summed E-state index contributed by atoms with van der Waals surface area (Å²) in [5.74, 6) is 1.34. The molecule has 1 aromatic heterocycles. The van der Waals surface area contributed by atoms with Crippen LogP contribution in [0.25, 0.3) is 10.9 Å². The molecule has 1 aliphatic carbocycles. The molecule has 0 amide bonds. The number of hydrogen-bond donors (Lipinski definition) is 1. The smallest absolute Gasteiger partial charge is 0.222 e. The number of allylic oxidation sites excluding steroid dienone is 2. The Morgan fingerprint density at radius 1 is 1.06 bits per heavy atom. The number of fused-ring (bicyclic) bond motifs is 1. The van der Waals surface area contributed by atoms with Crippen LogP contribution in [0.15, 0.2) is 42.1 Å². The van der Waals surface area contributed by atoms with Gasteiger partial charge < -0.3 is 24.4 Å². The molecule has 0 spiro atoms. The number of nitrogens with one attached hydrogen (secondary N) is 1. The number of ketones is 2. The first-order valence-electron chi connectivity index (χ1n) is 11.0. The van der Waals surface area contributed by atoms with Crippen molar-refractivity contribution in [3.63, 3.8) is 0 Å². The van der Waals surface area contributed by atoms with Crippen LogP contribution in [0.3, 0.4) is 0 Å². The van der Waals surface area contributed by atoms with Gasteiger partial charge >= 0.3 is 0 Å². The number of piperidine rings is 1. The monoisotopic (exact) mass is 452 g/mol. The van der Waals surface area contributed by atoms with Crippen molar-refractivity contribution in [1.82, 2.24) is 14.9 Å². The highest BCUT2D eigenvalue weighted by molar-refractivity contribution is 6.20. The minimum absolute atomic E-state index is 0.0358. The predicted octanol–water partition coefficient (Wildman–Crippen LogP) is 2.73. The van der Waals surface area contributed by atoms with Crippen LogP contribution in [-0.2, 0) is 14.3 Å². The lowest BCUT2D eigenvalue weighted by atomic mass is 9.98. The molecule has 2 aromatic rings. The Balaban J connectivity index is 1.55. The van der Waals surface area contributed by atoms with Gasteiger partial charge in [0.1, 0.15) is 12.1 Å². The number of likely N-dealkylation sites (tertiary alicyclic amines) is 1. The molecule has 9 heteroatoms. The van der Waals surface area contributed by atoms with Gasteiger partial charge in [0.05, 0.1) is 31.5 Å². The van der Waals surface area contributed by atoms with Crippen LogP contribution in [0.1, 0.15) is 19.8 Å². The van der Waals surface area contributed by atoms with E-state index in [-0.39, 0.29) is 23.0 Å². The number of ether oxygens (including phenoxy) is 3. The minimum Gasteiger partial charge on any atom is -0.493 e. The van der Waals surface area contributed by atoms with Crippen molar-refractivity contribution >= 4 is 28.3 Å². The topological polar surface area (TPSA) is 103 Å². The van der Waals surface area contributed by atoms with Crippen LogP contribution in [0.4, 0.5) is 5.82 Å². The van der Waals surface area contributed by atoms with Crippen molar-refractivity contribution in [2.45, 2.75) is 19.8 Å². The van der Waals surface area contributed by atoms with Crippen molar-refractivity contribution < 1.29 is 23.8 Å². The van der Waals surface area contributed by atoms with E-state index in [0.29, 0.717) is 47.4 Å². The average molecular weight is 453 g/mol. The van der Waals surface area contributed by atoms with Gasteiger partial charge in [-0.25, -0.2) is 9.97 Å². The summed E-state index contributed by atoms with van der Waals surface area (Å²) >= 11 is 0. The molecule has 1 saturated heterocycles. The third-order valence-electron chi connectivity index (χ3n) is 5.83. The fourth-order valence-electron chi connectivity index (χ4n) is 3.91. The van der Waals surface area contributed by atoms with Gasteiger partial charge in [0.2, 0.25) is 11.6 Å². The molecule has 174 valence electrons. The summed E-state index contributed by atoms with van der Waals surface area (Å²) in [4.78, 5) is 35.6. The van der Waals surface area contributed by atoms with Gasteiger partial charge in [0, 0.05) is 23.6 Å². The molecule has 2 heterocycles. The first kappa shape index (κ1) is 22.7. The summed E-state index contributed by atoms with van der Waals surface area (Å²) in [6, 6.07) is 3.59. The largest absolute Gasteiger partial charge is 0.493 e. The standard InChI is InChI=1S/C24H28N4O5/c1-4-32-21-12-19(29)18(10-20(21)30)27-24-16-9-22(31-3)23(11-17(16)25-14-26-24)33-13-15-5-7-28(2)8-6-15/h9-12,14-15H,4-8,13H2,1-3H3,(H,25,26,27). The van der Waals surface area contributed by atoms with Crippen LogP contribution in [0.5, 0.6) is 11.5 Å². The first-order valence-corrected chi connectivity index (χ1v) is 11.0. The third kappa shape index (κ3) is 5.14.